The Bertz CT molecular complexity index is 1000. The Morgan fingerprint density at radius 1 is 0.944 bits per heavy atom. The van der Waals surface area contributed by atoms with Gasteiger partial charge in [0.25, 0.3) is 0 Å². The van der Waals surface area contributed by atoms with E-state index in [9.17, 15) is 24.6 Å². The molecular formula is C26H32N2O7S-2. The van der Waals surface area contributed by atoms with Crippen molar-refractivity contribution >= 4 is 35.3 Å². The molecule has 1 amide bonds. The second kappa shape index (κ2) is 15.7. The number of nitrogens with zero attached hydrogens (tertiary/aromatic N) is 1. The number of fused-ring (bicyclic) bond motifs is 1. The summed E-state index contributed by atoms with van der Waals surface area (Å²) >= 11 is 1.84. The summed E-state index contributed by atoms with van der Waals surface area (Å²) in [6, 6.07) is 14.2. The molecule has 0 atom stereocenters. The number of rotatable bonds is 11. The molecule has 2 aromatic rings. The quantitative estimate of drug-likeness (QED) is 0.435. The molecule has 0 radical (unpaired) electrons. The molecule has 0 spiro atoms. The third-order valence-corrected chi connectivity index (χ3v) is 6.48. The van der Waals surface area contributed by atoms with Crippen LogP contribution >= 0.6 is 11.8 Å². The largest absolute Gasteiger partial charge is 0.550 e. The first kappa shape index (κ1) is 29.0. The summed E-state index contributed by atoms with van der Waals surface area (Å²) < 4.78 is 10.6. The van der Waals surface area contributed by atoms with Gasteiger partial charge < -0.3 is 39.5 Å². The fraction of sp³-hybridized carbons (Fsp3) is 0.423. The van der Waals surface area contributed by atoms with Crippen molar-refractivity contribution < 1.29 is 34.1 Å². The zero-order chi connectivity index (χ0) is 26.3. The van der Waals surface area contributed by atoms with Crippen molar-refractivity contribution in [1.82, 2.24) is 5.32 Å². The molecule has 0 saturated carbocycles. The summed E-state index contributed by atoms with van der Waals surface area (Å²) in [5, 5.41) is 22.4. The van der Waals surface area contributed by atoms with Crippen LogP contribution in [-0.4, -0.2) is 57.5 Å². The van der Waals surface area contributed by atoms with Gasteiger partial charge >= 0.3 is 0 Å². The monoisotopic (exact) mass is 516 g/mol. The van der Waals surface area contributed by atoms with Gasteiger partial charge in [-0.2, -0.15) is 0 Å². The zero-order valence-corrected chi connectivity index (χ0v) is 21.4. The highest BCUT2D eigenvalue weighted by atomic mass is 32.2. The number of carboxylic acids is 2. The second-order valence-electron chi connectivity index (χ2n) is 7.90. The van der Waals surface area contributed by atoms with Crippen LogP contribution in [0.5, 0.6) is 11.5 Å². The average molecular weight is 517 g/mol. The van der Waals surface area contributed by atoms with Crippen LogP contribution < -0.4 is 29.9 Å². The molecule has 1 aliphatic rings. The highest BCUT2D eigenvalue weighted by Crippen LogP contribution is 2.33. The Morgan fingerprint density at radius 3 is 2.31 bits per heavy atom. The molecule has 9 nitrogen and oxygen atoms in total. The molecule has 0 fully saturated rings. The van der Waals surface area contributed by atoms with Gasteiger partial charge in [-0.3, -0.25) is 4.79 Å². The number of nitrogens with one attached hydrogen (secondary N) is 1. The number of benzene rings is 2. The second-order valence-corrected chi connectivity index (χ2v) is 9.04. The smallest absolute Gasteiger partial charge is 0.228 e. The molecule has 2 aromatic carbocycles. The average Bonchev–Trinajstić information content (AvgIpc) is 3.10. The number of hydrogen-bond acceptors (Lipinski definition) is 9. The van der Waals surface area contributed by atoms with Gasteiger partial charge in [-0.15, -0.1) is 11.8 Å². The molecule has 10 heteroatoms. The van der Waals surface area contributed by atoms with Crippen molar-refractivity contribution in [3.63, 3.8) is 0 Å². The van der Waals surface area contributed by atoms with Crippen LogP contribution in [0.3, 0.4) is 0 Å². The number of amides is 1. The van der Waals surface area contributed by atoms with E-state index in [1.54, 1.807) is 14.2 Å². The first-order chi connectivity index (χ1) is 17.3. The van der Waals surface area contributed by atoms with Crippen molar-refractivity contribution in [2.24, 2.45) is 0 Å². The fourth-order valence-electron chi connectivity index (χ4n) is 3.51. The number of methoxy groups -OCH3 is 2. The lowest BCUT2D eigenvalue weighted by molar-refractivity contribution is -0.315. The van der Waals surface area contributed by atoms with E-state index in [0.29, 0.717) is 13.0 Å². The summed E-state index contributed by atoms with van der Waals surface area (Å²) in [5.74, 6) is -0.00442. The molecular weight excluding hydrogens is 484 g/mol. The van der Waals surface area contributed by atoms with Crippen molar-refractivity contribution in [2.45, 2.75) is 37.0 Å². The van der Waals surface area contributed by atoms with E-state index in [2.05, 4.69) is 17.4 Å². The van der Waals surface area contributed by atoms with Crippen molar-refractivity contribution in [3.8, 4) is 11.5 Å². The molecule has 36 heavy (non-hydrogen) atoms. The molecule has 196 valence electrons. The van der Waals surface area contributed by atoms with E-state index >= 15 is 0 Å². The number of ether oxygens (including phenoxy) is 2. The first-order valence-electron chi connectivity index (χ1n) is 11.7. The number of carboxylic acid groups (broad SMARTS) is 2. The molecule has 0 aliphatic carbocycles. The SMILES string of the molecule is COc1ccc(CCNCCC(=O)N2CCCSc3ccccc32)cc1OC.O=C([O-])CCC(=O)[O-]. The molecule has 0 bridgehead atoms. The van der Waals surface area contributed by atoms with E-state index in [1.807, 2.05) is 47.0 Å². The van der Waals surface area contributed by atoms with Crippen LogP contribution in [0.1, 0.15) is 31.2 Å². The van der Waals surface area contributed by atoms with Crippen LogP contribution in [0.2, 0.25) is 0 Å². The standard InChI is InChI=1S/C22H28N2O3S.C4H6O4/c1-26-19-9-8-17(16-20(19)27-2)10-12-23-13-11-22(25)24-14-5-15-28-21-7-4-3-6-18(21)24;5-3(6)1-2-4(7)8/h3-4,6-9,16,23H,5,10-15H2,1-2H3;1-2H2,(H,5,6)(H,7,8)/p-2. The summed E-state index contributed by atoms with van der Waals surface area (Å²) in [4.78, 5) is 34.9. The number of para-hydroxylation sites is 1. The minimum atomic E-state index is -1.37. The maximum Gasteiger partial charge on any atom is 0.228 e. The van der Waals surface area contributed by atoms with Gasteiger partial charge in [0.2, 0.25) is 5.91 Å². The third kappa shape index (κ3) is 9.79. The van der Waals surface area contributed by atoms with Crippen molar-refractivity contribution in [1.29, 1.82) is 0 Å². The predicted molar refractivity (Wildman–Crippen MR) is 134 cm³/mol. The lowest BCUT2D eigenvalue weighted by atomic mass is 10.1. The van der Waals surface area contributed by atoms with E-state index < -0.39 is 24.8 Å². The Kier molecular flexibility index (Phi) is 12.6. The third-order valence-electron chi connectivity index (χ3n) is 5.33. The van der Waals surface area contributed by atoms with E-state index in [4.69, 9.17) is 9.47 Å². The first-order valence-corrected chi connectivity index (χ1v) is 12.7. The van der Waals surface area contributed by atoms with Gasteiger partial charge in [0, 0.05) is 36.3 Å². The van der Waals surface area contributed by atoms with Crippen LogP contribution in [0.15, 0.2) is 47.4 Å². The summed E-state index contributed by atoms with van der Waals surface area (Å²) in [5.41, 5.74) is 2.23. The Morgan fingerprint density at radius 2 is 1.64 bits per heavy atom. The molecule has 1 aliphatic heterocycles. The number of anilines is 1. The Balaban J connectivity index is 0.000000493. The zero-order valence-electron chi connectivity index (χ0n) is 20.6. The number of hydrogen-bond donors (Lipinski definition) is 1. The van der Waals surface area contributed by atoms with E-state index in [1.165, 1.54) is 10.5 Å². The fourth-order valence-corrected chi connectivity index (χ4v) is 4.51. The van der Waals surface area contributed by atoms with Crippen molar-refractivity contribution in [2.75, 3.05) is 44.5 Å². The van der Waals surface area contributed by atoms with Gasteiger partial charge in [0.1, 0.15) is 0 Å². The molecule has 1 heterocycles. The summed E-state index contributed by atoms with van der Waals surface area (Å²) in [6.45, 7) is 2.29. The van der Waals surface area contributed by atoms with E-state index in [-0.39, 0.29) is 5.91 Å². The summed E-state index contributed by atoms with van der Waals surface area (Å²) in [7, 11) is 3.28. The molecule has 1 N–H and O–H groups in total. The van der Waals surface area contributed by atoms with Crippen LogP contribution in [0.25, 0.3) is 0 Å². The van der Waals surface area contributed by atoms with Crippen molar-refractivity contribution in [3.05, 3.63) is 48.0 Å². The maximum atomic E-state index is 12.7. The number of thioether (sulfide) groups is 1. The van der Waals surface area contributed by atoms with Gasteiger partial charge in [-0.25, -0.2) is 0 Å². The Hall–Kier alpha value is -3.24. The topological polar surface area (TPSA) is 131 Å². The van der Waals surface area contributed by atoms with Crippen LogP contribution in [0, 0.1) is 0 Å². The summed E-state index contributed by atoms with van der Waals surface area (Å²) in [6.07, 6.45) is 1.46. The van der Waals surface area contributed by atoms with E-state index in [0.717, 1.165) is 48.9 Å². The Labute approximate surface area is 215 Å². The highest BCUT2D eigenvalue weighted by molar-refractivity contribution is 7.99. The van der Waals surface area contributed by atoms with Gasteiger partial charge in [0.05, 0.1) is 19.9 Å². The van der Waals surface area contributed by atoms with Crippen LogP contribution in [-0.2, 0) is 20.8 Å². The minimum Gasteiger partial charge on any atom is -0.550 e. The highest BCUT2D eigenvalue weighted by Gasteiger charge is 2.20. The number of carbonyl (C=O) groups excluding carboxylic acids is 3. The molecule has 0 unspecified atom stereocenters. The lowest BCUT2D eigenvalue weighted by Gasteiger charge is -2.22. The van der Waals surface area contributed by atoms with Crippen LogP contribution in [0.4, 0.5) is 5.69 Å². The van der Waals surface area contributed by atoms with Gasteiger partial charge in [-0.05, 0) is 67.8 Å². The lowest BCUT2D eigenvalue weighted by Crippen LogP contribution is -2.34. The molecule has 3 rings (SSSR count). The number of carbonyl (C=O) groups is 3. The van der Waals surface area contributed by atoms with Gasteiger partial charge in [-0.1, -0.05) is 18.2 Å². The minimum absolute atomic E-state index is 0.188. The predicted octanol–water partition coefficient (Wildman–Crippen LogP) is 1.02. The van der Waals surface area contributed by atoms with Gasteiger partial charge in [0.15, 0.2) is 11.5 Å². The maximum absolute atomic E-state index is 12.7. The number of aliphatic carboxylic acids is 2. The molecule has 0 aromatic heterocycles. The molecule has 0 saturated heterocycles. The normalized spacial score (nSPS) is 12.4.